The molecule has 0 saturated heterocycles. The number of rotatable bonds is 6. The number of halogens is 4. The lowest BCUT2D eigenvalue weighted by molar-refractivity contribution is -0.188. The summed E-state index contributed by atoms with van der Waals surface area (Å²) < 4.78 is 55.3. The van der Waals surface area contributed by atoms with Gasteiger partial charge in [0.05, 0.1) is 0 Å². The summed E-state index contributed by atoms with van der Waals surface area (Å²) >= 11 is 0. The molecule has 0 aliphatic carbocycles. The van der Waals surface area contributed by atoms with Crippen LogP contribution in [0.25, 0.3) is 0 Å². The number of aryl methyl sites for hydroxylation is 1. The lowest BCUT2D eigenvalue weighted by atomic mass is 10.1. The van der Waals surface area contributed by atoms with Crippen molar-refractivity contribution in [3.8, 4) is 0 Å². The molecule has 1 N–H and O–H groups in total. The molecule has 25 heavy (non-hydrogen) atoms. The van der Waals surface area contributed by atoms with Gasteiger partial charge in [-0.05, 0) is 29.7 Å². The quantitative estimate of drug-likeness (QED) is 0.794. The van der Waals surface area contributed by atoms with E-state index in [-0.39, 0.29) is 12.4 Å². The average molecular weight is 355 g/mol. The zero-order valence-electron chi connectivity index (χ0n) is 13.4. The molecule has 0 saturated carbocycles. The van der Waals surface area contributed by atoms with Crippen molar-refractivity contribution >= 4 is 5.91 Å². The highest BCUT2D eigenvalue weighted by molar-refractivity contribution is 5.82. The number of ether oxygens (including phenoxy) is 1. The fourth-order valence-corrected chi connectivity index (χ4v) is 2.23. The summed E-state index contributed by atoms with van der Waals surface area (Å²) in [5.74, 6) is -1.07. The van der Waals surface area contributed by atoms with E-state index in [0.29, 0.717) is 16.7 Å². The molecule has 2 aromatic carbocycles. The molecule has 0 aliphatic heterocycles. The van der Waals surface area contributed by atoms with Crippen LogP contribution in [0.1, 0.15) is 22.8 Å². The van der Waals surface area contributed by atoms with E-state index in [1.807, 2.05) is 0 Å². The molecule has 134 valence electrons. The number of hydrogen-bond donors (Lipinski definition) is 1. The normalized spacial score (nSPS) is 12.7. The zero-order chi connectivity index (χ0) is 18.4. The molecule has 0 fully saturated rings. The summed E-state index contributed by atoms with van der Waals surface area (Å²) in [6.45, 7) is 0.105. The first kappa shape index (κ1) is 18.9. The number of nitrogens with one attached hydrogen (secondary N) is 1. The smallest absolute Gasteiger partial charge is 0.354 e. The van der Waals surface area contributed by atoms with Crippen molar-refractivity contribution in [2.24, 2.45) is 0 Å². The molecule has 1 amide bonds. The predicted molar refractivity (Wildman–Crippen MR) is 84.2 cm³/mol. The van der Waals surface area contributed by atoms with Crippen molar-refractivity contribution in [1.82, 2.24) is 5.32 Å². The highest BCUT2D eigenvalue weighted by Crippen LogP contribution is 2.23. The molecule has 0 spiro atoms. The number of amides is 1. The van der Waals surface area contributed by atoms with Crippen molar-refractivity contribution in [1.29, 1.82) is 0 Å². The van der Waals surface area contributed by atoms with E-state index < -0.39 is 24.8 Å². The predicted octanol–water partition coefficient (Wildman–Crippen LogP) is 4.07. The Hall–Kier alpha value is -2.41. The van der Waals surface area contributed by atoms with Crippen LogP contribution >= 0.6 is 0 Å². The minimum absolute atomic E-state index is 0.0542. The molecular weight excluding hydrogens is 338 g/mol. The van der Waals surface area contributed by atoms with Crippen LogP contribution in [0.15, 0.2) is 48.5 Å². The van der Waals surface area contributed by atoms with Gasteiger partial charge in [0.15, 0.2) is 6.10 Å². The number of benzene rings is 2. The molecule has 3 nitrogen and oxygen atoms in total. The van der Waals surface area contributed by atoms with E-state index in [9.17, 15) is 22.4 Å². The van der Waals surface area contributed by atoms with Crippen LogP contribution < -0.4 is 5.32 Å². The number of hydrogen-bond acceptors (Lipinski definition) is 2. The first-order chi connectivity index (χ1) is 11.8. The van der Waals surface area contributed by atoms with E-state index in [0.717, 1.165) is 0 Å². The van der Waals surface area contributed by atoms with Gasteiger partial charge in [-0.15, -0.1) is 0 Å². The van der Waals surface area contributed by atoms with Crippen LogP contribution in [-0.4, -0.2) is 18.7 Å². The minimum atomic E-state index is -4.54. The van der Waals surface area contributed by atoms with E-state index in [2.05, 4.69) is 5.32 Å². The SMILES string of the molecule is Cc1cc(CNC(=O)[C@H](OCC(F)(F)F)c2ccccc2)ccc1F. The lowest BCUT2D eigenvalue weighted by Crippen LogP contribution is -2.32. The number of alkyl halides is 3. The van der Waals surface area contributed by atoms with Gasteiger partial charge in [-0.1, -0.05) is 42.5 Å². The Morgan fingerprint density at radius 1 is 1.16 bits per heavy atom. The highest BCUT2D eigenvalue weighted by atomic mass is 19.4. The monoisotopic (exact) mass is 355 g/mol. The van der Waals surface area contributed by atoms with Gasteiger partial charge in [-0.3, -0.25) is 4.79 Å². The average Bonchev–Trinajstić information content (AvgIpc) is 2.56. The van der Waals surface area contributed by atoms with Gasteiger partial charge in [-0.25, -0.2) is 4.39 Å². The largest absolute Gasteiger partial charge is 0.411 e. The Balaban J connectivity index is 2.07. The number of carbonyl (C=O) groups excluding carboxylic acids is 1. The number of carbonyl (C=O) groups is 1. The maximum atomic E-state index is 13.2. The maximum absolute atomic E-state index is 13.2. The molecule has 0 aromatic heterocycles. The molecule has 0 bridgehead atoms. The first-order valence-corrected chi connectivity index (χ1v) is 7.52. The Morgan fingerprint density at radius 2 is 1.84 bits per heavy atom. The summed E-state index contributed by atoms with van der Waals surface area (Å²) in [4.78, 5) is 12.3. The van der Waals surface area contributed by atoms with E-state index in [1.165, 1.54) is 24.3 Å². The van der Waals surface area contributed by atoms with Gasteiger partial charge in [0.1, 0.15) is 12.4 Å². The standard InChI is InChI=1S/C18H17F4NO2/c1-12-9-13(7-8-15(12)19)10-23-17(24)16(25-11-18(20,21)22)14-5-3-2-4-6-14/h2-9,16H,10-11H2,1H3,(H,23,24)/t16-/m1/s1. The molecule has 0 aliphatic rings. The molecule has 0 radical (unpaired) electrons. The third-order valence-electron chi connectivity index (χ3n) is 3.44. The summed E-state index contributed by atoms with van der Waals surface area (Å²) in [7, 11) is 0. The fraction of sp³-hybridized carbons (Fsp3) is 0.278. The molecular formula is C18H17F4NO2. The molecule has 1 atom stereocenters. The molecule has 2 aromatic rings. The Kier molecular flexibility index (Phi) is 6.14. The van der Waals surface area contributed by atoms with Gasteiger partial charge in [0, 0.05) is 6.54 Å². The third kappa shape index (κ3) is 5.86. The van der Waals surface area contributed by atoms with Gasteiger partial charge >= 0.3 is 6.18 Å². The van der Waals surface area contributed by atoms with Crippen molar-refractivity contribution < 1.29 is 27.1 Å². The summed E-state index contributed by atoms with van der Waals surface area (Å²) in [5, 5.41) is 2.53. The van der Waals surface area contributed by atoms with Crippen molar-refractivity contribution in [3.05, 3.63) is 71.0 Å². The second kappa shape index (κ2) is 8.11. The maximum Gasteiger partial charge on any atom is 0.411 e. The fourth-order valence-electron chi connectivity index (χ4n) is 2.23. The Labute approximate surface area is 142 Å². The summed E-state index contributed by atoms with van der Waals surface area (Å²) in [6, 6.07) is 12.3. The van der Waals surface area contributed by atoms with Crippen LogP contribution in [0.5, 0.6) is 0 Å². The van der Waals surface area contributed by atoms with E-state index >= 15 is 0 Å². The second-order valence-electron chi connectivity index (χ2n) is 5.52. The highest BCUT2D eigenvalue weighted by Gasteiger charge is 2.32. The van der Waals surface area contributed by atoms with Gasteiger partial charge < -0.3 is 10.1 Å². The second-order valence-corrected chi connectivity index (χ2v) is 5.52. The summed E-state index contributed by atoms with van der Waals surface area (Å²) in [6.07, 6.45) is -5.93. The van der Waals surface area contributed by atoms with Crippen LogP contribution in [0.4, 0.5) is 17.6 Å². The molecule has 0 heterocycles. The molecule has 7 heteroatoms. The van der Waals surface area contributed by atoms with Gasteiger partial charge in [0.2, 0.25) is 0 Å². The summed E-state index contributed by atoms with van der Waals surface area (Å²) in [5.41, 5.74) is 1.37. The van der Waals surface area contributed by atoms with E-state index in [1.54, 1.807) is 31.2 Å². The van der Waals surface area contributed by atoms with Crippen molar-refractivity contribution in [2.75, 3.05) is 6.61 Å². The van der Waals surface area contributed by atoms with Crippen LogP contribution in [-0.2, 0) is 16.1 Å². The minimum Gasteiger partial charge on any atom is -0.354 e. The van der Waals surface area contributed by atoms with Crippen molar-refractivity contribution in [2.45, 2.75) is 25.7 Å². The molecule has 0 unspecified atom stereocenters. The third-order valence-corrected chi connectivity index (χ3v) is 3.44. The van der Waals surface area contributed by atoms with Crippen LogP contribution in [0.2, 0.25) is 0 Å². The van der Waals surface area contributed by atoms with Crippen LogP contribution in [0.3, 0.4) is 0 Å². The Morgan fingerprint density at radius 3 is 2.44 bits per heavy atom. The van der Waals surface area contributed by atoms with E-state index in [4.69, 9.17) is 4.74 Å². The Bertz CT molecular complexity index is 717. The first-order valence-electron chi connectivity index (χ1n) is 7.52. The topological polar surface area (TPSA) is 38.3 Å². The molecule has 2 rings (SSSR count). The zero-order valence-corrected chi connectivity index (χ0v) is 13.4. The van der Waals surface area contributed by atoms with Crippen molar-refractivity contribution in [3.63, 3.8) is 0 Å². The van der Waals surface area contributed by atoms with Gasteiger partial charge in [0.25, 0.3) is 5.91 Å². The van der Waals surface area contributed by atoms with Crippen LogP contribution in [0, 0.1) is 12.7 Å². The van der Waals surface area contributed by atoms with Gasteiger partial charge in [-0.2, -0.15) is 13.2 Å². The lowest BCUT2D eigenvalue weighted by Gasteiger charge is -2.19.